The van der Waals surface area contributed by atoms with Gasteiger partial charge in [0.1, 0.15) is 23.2 Å². The minimum atomic E-state index is -4.67. The Labute approximate surface area is 225 Å². The quantitative estimate of drug-likeness (QED) is 0.250. The summed E-state index contributed by atoms with van der Waals surface area (Å²) in [7, 11) is 1.74. The fraction of sp³-hybridized carbons (Fsp3) is 0.241. The number of aliphatic hydroxyl groups excluding tert-OH is 1. The van der Waals surface area contributed by atoms with E-state index in [1.165, 1.54) is 24.5 Å². The molecule has 0 unspecified atom stereocenters. The number of alkyl halides is 3. The number of benzene rings is 3. The molecule has 1 saturated carbocycles. The number of aliphatic hydroxyl groups is 1. The zero-order valence-electron chi connectivity index (χ0n) is 21.3. The SMILES string of the molecule is Cn1cnnc1-c1cc(F)ccc1-c1cccc(-c2nc3cc(CN=C4CCC[C@H]4O)cc(C(F)(F)F)c3o2)c1. The summed E-state index contributed by atoms with van der Waals surface area (Å²) in [5, 5.41) is 18.0. The van der Waals surface area contributed by atoms with E-state index in [2.05, 4.69) is 20.2 Å². The first-order valence-electron chi connectivity index (χ1n) is 12.6. The van der Waals surface area contributed by atoms with Gasteiger partial charge in [-0.2, -0.15) is 13.2 Å². The van der Waals surface area contributed by atoms with Crippen LogP contribution in [0.5, 0.6) is 0 Å². The van der Waals surface area contributed by atoms with Crippen LogP contribution in [0, 0.1) is 5.82 Å². The highest BCUT2D eigenvalue weighted by molar-refractivity contribution is 5.90. The van der Waals surface area contributed by atoms with E-state index >= 15 is 0 Å². The molecule has 11 heteroatoms. The van der Waals surface area contributed by atoms with Crippen LogP contribution in [0.2, 0.25) is 0 Å². The summed E-state index contributed by atoms with van der Waals surface area (Å²) in [4.78, 5) is 8.76. The summed E-state index contributed by atoms with van der Waals surface area (Å²) in [6, 6.07) is 13.8. The maximum atomic E-state index is 14.2. The molecule has 0 aliphatic heterocycles. The predicted molar refractivity (Wildman–Crippen MR) is 141 cm³/mol. The monoisotopic (exact) mass is 549 g/mol. The third-order valence-corrected chi connectivity index (χ3v) is 6.97. The number of fused-ring (bicyclic) bond motifs is 1. The van der Waals surface area contributed by atoms with Crippen LogP contribution in [0.3, 0.4) is 0 Å². The van der Waals surface area contributed by atoms with E-state index in [4.69, 9.17) is 4.42 Å². The second-order valence-corrected chi connectivity index (χ2v) is 9.76. The van der Waals surface area contributed by atoms with Crippen molar-refractivity contribution >= 4 is 16.8 Å². The molecule has 3 aromatic carbocycles. The third kappa shape index (κ3) is 4.88. The molecule has 0 spiro atoms. The van der Waals surface area contributed by atoms with E-state index in [0.717, 1.165) is 12.5 Å². The number of rotatable bonds is 5. The smallest absolute Gasteiger partial charge is 0.420 e. The molecule has 1 atom stereocenters. The van der Waals surface area contributed by atoms with Gasteiger partial charge < -0.3 is 14.1 Å². The molecule has 0 bridgehead atoms. The van der Waals surface area contributed by atoms with Crippen LogP contribution < -0.4 is 0 Å². The molecular formula is C29H23F4N5O2. The fourth-order valence-electron chi connectivity index (χ4n) is 5.00. The van der Waals surface area contributed by atoms with E-state index < -0.39 is 23.7 Å². The molecule has 1 fully saturated rings. The molecule has 1 aliphatic rings. The number of hydrogen-bond donors (Lipinski definition) is 1. The van der Waals surface area contributed by atoms with Crippen LogP contribution in [0.15, 0.2) is 70.3 Å². The normalized spacial score (nSPS) is 16.9. The maximum absolute atomic E-state index is 14.2. The molecule has 2 aromatic heterocycles. The molecule has 0 radical (unpaired) electrons. The Bertz CT molecular complexity index is 1760. The molecule has 6 rings (SSSR count). The highest BCUT2D eigenvalue weighted by atomic mass is 19.4. The topological polar surface area (TPSA) is 89.3 Å². The van der Waals surface area contributed by atoms with Crippen LogP contribution in [-0.2, 0) is 19.8 Å². The molecule has 2 heterocycles. The summed E-state index contributed by atoms with van der Waals surface area (Å²) < 4.78 is 63.7. The Hall–Kier alpha value is -4.38. The number of hydrogen-bond acceptors (Lipinski definition) is 6. The summed E-state index contributed by atoms with van der Waals surface area (Å²) in [6.07, 6.45) is -1.77. The standard InChI is InChI=1S/C29H23F4N5O2/c1-38-15-35-37-27(38)21-13-19(30)8-9-20(21)17-4-2-5-18(12-17)28-36-24-11-16(14-34-23-6-3-7-25(23)39)10-22(26(24)40-28)29(31,32)33/h2,4-5,8-13,15,25,39H,3,6-7,14H2,1H3/t25-/m1/s1. The number of aryl methyl sites for hydroxylation is 1. The fourth-order valence-corrected chi connectivity index (χ4v) is 5.00. The van der Waals surface area contributed by atoms with Crippen molar-refractivity contribution in [3.63, 3.8) is 0 Å². The van der Waals surface area contributed by atoms with Gasteiger partial charge in [0.2, 0.25) is 5.89 Å². The van der Waals surface area contributed by atoms with Crippen molar-refractivity contribution in [2.24, 2.45) is 12.0 Å². The number of aromatic nitrogens is 4. The van der Waals surface area contributed by atoms with Gasteiger partial charge in [-0.25, -0.2) is 9.37 Å². The van der Waals surface area contributed by atoms with Crippen molar-refractivity contribution in [3.05, 3.63) is 77.9 Å². The Morgan fingerprint density at radius 2 is 1.90 bits per heavy atom. The largest absolute Gasteiger partial charge is 0.435 e. The van der Waals surface area contributed by atoms with E-state index in [1.807, 2.05) is 0 Å². The van der Waals surface area contributed by atoms with Gasteiger partial charge in [0.05, 0.1) is 12.6 Å². The molecular weight excluding hydrogens is 526 g/mol. The maximum Gasteiger partial charge on any atom is 0.420 e. The second kappa shape index (κ2) is 9.98. The van der Waals surface area contributed by atoms with Crippen LogP contribution >= 0.6 is 0 Å². The van der Waals surface area contributed by atoms with E-state index in [9.17, 15) is 22.7 Å². The number of nitrogens with zero attached hydrogens (tertiary/aromatic N) is 5. The first-order valence-corrected chi connectivity index (χ1v) is 12.6. The van der Waals surface area contributed by atoms with Gasteiger partial charge in [0.15, 0.2) is 11.4 Å². The van der Waals surface area contributed by atoms with Crippen molar-refractivity contribution in [1.29, 1.82) is 0 Å². The number of aliphatic imine (C=N–C) groups is 1. The lowest BCUT2D eigenvalue weighted by molar-refractivity contribution is -0.136. The molecule has 1 N–H and O–H groups in total. The first kappa shape index (κ1) is 25.9. The Kier molecular flexibility index (Phi) is 6.46. The van der Waals surface area contributed by atoms with Crippen LogP contribution in [-0.4, -0.2) is 36.7 Å². The predicted octanol–water partition coefficient (Wildman–Crippen LogP) is 6.60. The Morgan fingerprint density at radius 3 is 2.62 bits per heavy atom. The summed E-state index contributed by atoms with van der Waals surface area (Å²) in [5.74, 6) is 0.0251. The summed E-state index contributed by atoms with van der Waals surface area (Å²) >= 11 is 0. The average molecular weight is 550 g/mol. The van der Waals surface area contributed by atoms with Crippen molar-refractivity contribution in [2.75, 3.05) is 0 Å². The van der Waals surface area contributed by atoms with Gasteiger partial charge in [0, 0.05) is 23.9 Å². The Balaban J connectivity index is 1.42. The Morgan fingerprint density at radius 1 is 1.07 bits per heavy atom. The molecule has 0 saturated heterocycles. The van der Waals surface area contributed by atoms with Crippen molar-refractivity contribution in [3.8, 4) is 34.0 Å². The molecule has 0 amide bonds. The highest BCUT2D eigenvalue weighted by Crippen LogP contribution is 2.39. The van der Waals surface area contributed by atoms with Gasteiger partial charge in [-0.05, 0) is 72.4 Å². The zero-order valence-corrected chi connectivity index (χ0v) is 21.3. The van der Waals surface area contributed by atoms with Crippen LogP contribution in [0.25, 0.3) is 45.1 Å². The molecule has 1 aliphatic carbocycles. The third-order valence-electron chi connectivity index (χ3n) is 6.97. The van der Waals surface area contributed by atoms with Gasteiger partial charge in [-0.1, -0.05) is 18.2 Å². The zero-order chi connectivity index (χ0) is 28.0. The second-order valence-electron chi connectivity index (χ2n) is 9.76. The average Bonchev–Trinajstić information content (AvgIpc) is 3.66. The minimum absolute atomic E-state index is 0.00151. The summed E-state index contributed by atoms with van der Waals surface area (Å²) in [6.45, 7) is -0.00151. The van der Waals surface area contributed by atoms with Crippen LogP contribution in [0.1, 0.15) is 30.4 Å². The van der Waals surface area contributed by atoms with E-state index in [-0.39, 0.29) is 23.5 Å². The van der Waals surface area contributed by atoms with Gasteiger partial charge >= 0.3 is 6.18 Å². The first-order chi connectivity index (χ1) is 19.2. The number of halogens is 4. The van der Waals surface area contributed by atoms with E-state index in [1.54, 1.807) is 41.9 Å². The van der Waals surface area contributed by atoms with Gasteiger partial charge in [-0.3, -0.25) is 4.99 Å². The van der Waals surface area contributed by atoms with Crippen LogP contribution in [0.4, 0.5) is 17.6 Å². The minimum Gasteiger partial charge on any atom is -0.435 e. The lowest BCUT2D eigenvalue weighted by Gasteiger charge is -2.10. The van der Waals surface area contributed by atoms with E-state index in [0.29, 0.717) is 52.2 Å². The van der Waals surface area contributed by atoms with Gasteiger partial charge in [-0.15, -0.1) is 10.2 Å². The summed E-state index contributed by atoms with van der Waals surface area (Å²) in [5.41, 5.74) is 1.95. The molecule has 40 heavy (non-hydrogen) atoms. The van der Waals surface area contributed by atoms with Crippen molar-refractivity contribution in [1.82, 2.24) is 19.7 Å². The molecule has 7 nitrogen and oxygen atoms in total. The van der Waals surface area contributed by atoms with Crippen molar-refractivity contribution < 1.29 is 27.1 Å². The lowest BCUT2D eigenvalue weighted by Crippen LogP contribution is -2.12. The van der Waals surface area contributed by atoms with Crippen molar-refractivity contribution in [2.45, 2.75) is 38.1 Å². The molecule has 204 valence electrons. The lowest BCUT2D eigenvalue weighted by atomic mass is 9.97. The molecule has 5 aromatic rings. The highest BCUT2D eigenvalue weighted by Gasteiger charge is 2.35. The number of oxazole rings is 1. The van der Waals surface area contributed by atoms with Gasteiger partial charge in [0.25, 0.3) is 0 Å².